The fourth-order valence-corrected chi connectivity index (χ4v) is 1.60. The Morgan fingerprint density at radius 3 is 1.67 bits per heavy atom. The van der Waals surface area contributed by atoms with Crippen molar-refractivity contribution in [1.82, 2.24) is 4.90 Å². The lowest BCUT2D eigenvalue weighted by atomic mass is 10.0. The number of piperidine rings is 1. The van der Waals surface area contributed by atoms with Crippen LogP contribution in [0.15, 0.2) is 0 Å². The molecule has 0 bridgehead atoms. The highest BCUT2D eigenvalue weighted by Gasteiger charge is 2.20. The predicted molar refractivity (Wildman–Crippen MR) is 83.9 cm³/mol. The minimum Gasteiger partial charge on any atom is -0.342 e. The predicted octanol–water partition coefficient (Wildman–Crippen LogP) is 5.12. The molecule has 112 valence electrons. The smallest absolute Gasteiger partial charge is 0.225 e. The first kappa shape index (κ1) is 22.6. The van der Waals surface area contributed by atoms with Gasteiger partial charge in [0.05, 0.1) is 0 Å². The van der Waals surface area contributed by atoms with E-state index in [9.17, 15) is 4.79 Å². The van der Waals surface area contributed by atoms with E-state index < -0.39 is 0 Å². The van der Waals surface area contributed by atoms with E-state index in [0.717, 1.165) is 19.5 Å². The molecule has 1 rings (SSSR count). The Hall–Kier alpha value is -0.530. The highest BCUT2D eigenvalue weighted by Crippen LogP contribution is 2.13. The number of hydrogen-bond donors (Lipinski definition) is 0. The summed E-state index contributed by atoms with van der Waals surface area (Å²) in [5.74, 6) is 0.584. The molecule has 0 aromatic heterocycles. The van der Waals surface area contributed by atoms with Gasteiger partial charge in [0.15, 0.2) is 0 Å². The van der Waals surface area contributed by atoms with Gasteiger partial charge in [-0.1, -0.05) is 55.4 Å². The Bertz CT molecular complexity index is 151. The zero-order valence-electron chi connectivity index (χ0n) is 14.2. The van der Waals surface area contributed by atoms with Crippen LogP contribution in [-0.4, -0.2) is 23.9 Å². The quantitative estimate of drug-likeness (QED) is 0.673. The molecule has 0 aromatic carbocycles. The zero-order chi connectivity index (χ0) is 15.0. The van der Waals surface area contributed by atoms with Crippen LogP contribution in [0, 0.1) is 5.92 Å². The molecule has 0 aromatic rings. The van der Waals surface area contributed by atoms with E-state index in [4.69, 9.17) is 0 Å². The van der Waals surface area contributed by atoms with Crippen molar-refractivity contribution in [2.75, 3.05) is 13.1 Å². The molecule has 0 spiro atoms. The van der Waals surface area contributed by atoms with E-state index in [2.05, 4.69) is 6.92 Å². The van der Waals surface area contributed by atoms with E-state index in [-0.39, 0.29) is 5.92 Å². The second kappa shape index (κ2) is 18.8. The van der Waals surface area contributed by atoms with Gasteiger partial charge in [-0.15, -0.1) is 0 Å². The summed E-state index contributed by atoms with van der Waals surface area (Å²) in [5.41, 5.74) is 0. The number of amides is 1. The summed E-state index contributed by atoms with van der Waals surface area (Å²) in [6.45, 7) is 18.1. The molecule has 18 heavy (non-hydrogen) atoms. The molecular weight excluding hydrogens is 222 g/mol. The molecule has 0 saturated carbocycles. The first-order valence-corrected chi connectivity index (χ1v) is 8.04. The Morgan fingerprint density at radius 1 is 0.944 bits per heavy atom. The zero-order valence-corrected chi connectivity index (χ0v) is 14.2. The number of hydrogen-bond acceptors (Lipinski definition) is 1. The number of nitrogens with zero attached hydrogens (tertiary/aromatic N) is 1. The molecule has 2 nitrogen and oxygen atoms in total. The average Bonchev–Trinajstić information content (AvgIpc) is 2.52. The van der Waals surface area contributed by atoms with Crippen LogP contribution in [0.1, 0.15) is 81.1 Å². The third-order valence-electron chi connectivity index (χ3n) is 2.70. The van der Waals surface area contributed by atoms with E-state index in [1.165, 1.54) is 19.3 Å². The van der Waals surface area contributed by atoms with Crippen molar-refractivity contribution >= 4 is 5.91 Å². The summed E-state index contributed by atoms with van der Waals surface area (Å²) >= 11 is 0. The Kier molecular flexibility index (Phi) is 23.7. The Balaban J connectivity index is -0.000000328. The van der Waals surface area contributed by atoms with E-state index in [1.807, 2.05) is 53.4 Å². The van der Waals surface area contributed by atoms with Gasteiger partial charge in [0, 0.05) is 19.0 Å². The third kappa shape index (κ3) is 10.6. The number of likely N-dealkylation sites (tertiary alicyclic amines) is 1. The summed E-state index contributed by atoms with van der Waals surface area (Å²) in [5, 5.41) is 0. The molecule has 2 heteroatoms. The van der Waals surface area contributed by atoms with Crippen molar-refractivity contribution in [3.05, 3.63) is 0 Å². The third-order valence-corrected chi connectivity index (χ3v) is 2.70. The van der Waals surface area contributed by atoms with Crippen LogP contribution in [0.25, 0.3) is 0 Å². The normalized spacial score (nSPS) is 14.8. The lowest BCUT2D eigenvalue weighted by Gasteiger charge is -2.28. The topological polar surface area (TPSA) is 20.3 Å². The average molecular weight is 259 g/mol. The Labute approximate surface area is 116 Å². The van der Waals surface area contributed by atoms with Crippen molar-refractivity contribution in [2.24, 2.45) is 5.92 Å². The van der Waals surface area contributed by atoms with Crippen LogP contribution in [0.4, 0.5) is 0 Å². The Morgan fingerprint density at radius 2 is 1.33 bits per heavy atom. The van der Waals surface area contributed by atoms with E-state index >= 15 is 0 Å². The monoisotopic (exact) mass is 259 g/mol. The first-order chi connectivity index (χ1) is 8.75. The fourth-order valence-electron chi connectivity index (χ4n) is 1.60. The second-order valence-electron chi connectivity index (χ2n) is 3.70. The van der Waals surface area contributed by atoms with E-state index in [0.29, 0.717) is 5.91 Å². The molecule has 1 saturated heterocycles. The van der Waals surface area contributed by atoms with Crippen molar-refractivity contribution in [1.29, 1.82) is 0 Å². The molecule has 1 heterocycles. The summed E-state index contributed by atoms with van der Waals surface area (Å²) in [6, 6.07) is 0. The molecule has 0 aliphatic carbocycles. The summed E-state index contributed by atoms with van der Waals surface area (Å²) in [7, 11) is 0. The van der Waals surface area contributed by atoms with Gasteiger partial charge in [-0.3, -0.25) is 4.79 Å². The first-order valence-electron chi connectivity index (χ1n) is 8.04. The molecular formula is C16H37NO. The van der Waals surface area contributed by atoms with Gasteiger partial charge in [0.1, 0.15) is 0 Å². The van der Waals surface area contributed by atoms with Crippen LogP contribution in [0.2, 0.25) is 0 Å². The van der Waals surface area contributed by atoms with Crippen LogP contribution in [0.5, 0.6) is 0 Å². The van der Waals surface area contributed by atoms with Crippen molar-refractivity contribution in [3.63, 3.8) is 0 Å². The van der Waals surface area contributed by atoms with E-state index in [1.54, 1.807) is 0 Å². The molecule has 1 atom stereocenters. The van der Waals surface area contributed by atoms with Gasteiger partial charge < -0.3 is 4.90 Å². The maximum absolute atomic E-state index is 11.7. The van der Waals surface area contributed by atoms with Gasteiger partial charge in [-0.25, -0.2) is 0 Å². The molecule has 1 aliphatic rings. The standard InChI is InChI=1S/C10H19NO.3C2H6/c1-3-9(2)10(12)11-7-5-4-6-8-11;3*1-2/h9H,3-8H2,1-2H3;3*1-2H3. The summed E-state index contributed by atoms with van der Waals surface area (Å²) in [6.07, 6.45) is 4.66. The van der Waals surface area contributed by atoms with Gasteiger partial charge in [0.25, 0.3) is 0 Å². The van der Waals surface area contributed by atoms with Crippen molar-refractivity contribution in [3.8, 4) is 0 Å². The molecule has 0 radical (unpaired) electrons. The van der Waals surface area contributed by atoms with Gasteiger partial charge in [-0.05, 0) is 25.7 Å². The molecule has 0 N–H and O–H groups in total. The van der Waals surface area contributed by atoms with Gasteiger partial charge in [-0.2, -0.15) is 0 Å². The summed E-state index contributed by atoms with van der Waals surface area (Å²) < 4.78 is 0. The second-order valence-corrected chi connectivity index (χ2v) is 3.70. The highest BCUT2D eigenvalue weighted by atomic mass is 16.2. The molecule has 1 unspecified atom stereocenters. The lowest BCUT2D eigenvalue weighted by molar-refractivity contribution is -0.135. The number of carbonyl (C=O) groups is 1. The minimum absolute atomic E-state index is 0.225. The van der Waals surface area contributed by atoms with Gasteiger partial charge >= 0.3 is 0 Å². The SMILES string of the molecule is CC.CC.CC.CCC(C)C(=O)N1CCCCC1. The largest absolute Gasteiger partial charge is 0.342 e. The molecule has 1 aliphatic heterocycles. The minimum atomic E-state index is 0.225. The molecule has 1 fully saturated rings. The highest BCUT2D eigenvalue weighted by molar-refractivity contribution is 5.78. The van der Waals surface area contributed by atoms with Crippen LogP contribution >= 0.6 is 0 Å². The number of carbonyl (C=O) groups excluding carboxylic acids is 1. The lowest BCUT2D eigenvalue weighted by Crippen LogP contribution is -2.38. The number of rotatable bonds is 2. The summed E-state index contributed by atoms with van der Waals surface area (Å²) in [4.78, 5) is 13.7. The van der Waals surface area contributed by atoms with Crippen molar-refractivity contribution in [2.45, 2.75) is 81.1 Å². The maximum atomic E-state index is 11.7. The van der Waals surface area contributed by atoms with Crippen molar-refractivity contribution < 1.29 is 4.79 Å². The fraction of sp³-hybridized carbons (Fsp3) is 0.938. The van der Waals surface area contributed by atoms with Gasteiger partial charge in [0.2, 0.25) is 5.91 Å². The van der Waals surface area contributed by atoms with Crippen LogP contribution in [-0.2, 0) is 4.79 Å². The molecule has 1 amide bonds. The van der Waals surface area contributed by atoms with Crippen LogP contribution < -0.4 is 0 Å². The van der Waals surface area contributed by atoms with Crippen LogP contribution in [0.3, 0.4) is 0 Å². The maximum Gasteiger partial charge on any atom is 0.225 e.